The highest BCUT2D eigenvalue weighted by atomic mass is 32.2. The van der Waals surface area contributed by atoms with Crippen molar-refractivity contribution in [3.05, 3.63) is 45.9 Å². The Labute approximate surface area is 151 Å². The summed E-state index contributed by atoms with van der Waals surface area (Å²) in [5, 5.41) is 5.29. The van der Waals surface area contributed by atoms with E-state index in [9.17, 15) is 13.2 Å². The summed E-state index contributed by atoms with van der Waals surface area (Å²) in [5.74, 6) is -0.350. The van der Waals surface area contributed by atoms with Crippen molar-refractivity contribution in [2.45, 2.75) is 31.3 Å². The fourth-order valence-corrected chi connectivity index (χ4v) is 3.96. The Hall–Kier alpha value is -1.81. The number of thiazole rings is 1. The first-order valence-electron chi connectivity index (χ1n) is 7.62. The van der Waals surface area contributed by atoms with Crippen molar-refractivity contribution >= 4 is 27.3 Å². The van der Waals surface area contributed by atoms with Crippen LogP contribution in [0.25, 0.3) is 0 Å². The molecule has 1 aromatic heterocycles. The van der Waals surface area contributed by atoms with E-state index >= 15 is 0 Å². The zero-order valence-electron chi connectivity index (χ0n) is 14.3. The van der Waals surface area contributed by atoms with Gasteiger partial charge in [0.25, 0.3) is 5.91 Å². The Bertz CT molecular complexity index is 833. The van der Waals surface area contributed by atoms with Gasteiger partial charge in [0.2, 0.25) is 10.0 Å². The quantitative estimate of drug-likeness (QED) is 0.723. The summed E-state index contributed by atoms with van der Waals surface area (Å²) in [6.07, 6.45) is 0. The Morgan fingerprint density at radius 3 is 2.80 bits per heavy atom. The first-order valence-corrected chi connectivity index (χ1v) is 9.98. The fourth-order valence-electron chi connectivity index (χ4n) is 2.13. The molecule has 0 unspecified atom stereocenters. The monoisotopic (exact) mass is 383 g/mol. The van der Waals surface area contributed by atoms with Gasteiger partial charge in [-0.15, -0.1) is 11.3 Å². The summed E-state index contributed by atoms with van der Waals surface area (Å²) in [5.41, 5.74) is 1.12. The number of nitrogens with one attached hydrogen (secondary N) is 2. The molecule has 2 rings (SSSR count). The predicted molar refractivity (Wildman–Crippen MR) is 96.1 cm³/mol. The van der Waals surface area contributed by atoms with Crippen LogP contribution < -0.4 is 10.0 Å². The lowest BCUT2D eigenvalue weighted by Crippen LogP contribution is -2.35. The molecule has 0 aliphatic carbocycles. The van der Waals surface area contributed by atoms with Crippen LogP contribution in [-0.4, -0.2) is 39.1 Å². The van der Waals surface area contributed by atoms with Crippen LogP contribution in [0, 0.1) is 6.92 Å². The summed E-state index contributed by atoms with van der Waals surface area (Å²) in [4.78, 5) is 16.5. The number of carbonyl (C=O) groups is 1. The molecule has 2 N–H and O–H groups in total. The second-order valence-electron chi connectivity index (χ2n) is 5.56. The molecule has 1 aromatic carbocycles. The van der Waals surface area contributed by atoms with Crippen LogP contribution in [0.15, 0.2) is 34.5 Å². The van der Waals surface area contributed by atoms with Gasteiger partial charge in [-0.1, -0.05) is 6.07 Å². The number of carbonyl (C=O) groups excluding carboxylic acids is 1. The number of methoxy groups -OCH3 is 1. The molecule has 1 amide bonds. The summed E-state index contributed by atoms with van der Waals surface area (Å²) in [6, 6.07) is 5.73. The van der Waals surface area contributed by atoms with Crippen LogP contribution >= 0.6 is 11.3 Å². The Morgan fingerprint density at radius 2 is 2.16 bits per heavy atom. The van der Waals surface area contributed by atoms with Crippen molar-refractivity contribution in [3.8, 4) is 0 Å². The highest BCUT2D eigenvalue weighted by Crippen LogP contribution is 2.14. The van der Waals surface area contributed by atoms with Gasteiger partial charge >= 0.3 is 0 Å². The Morgan fingerprint density at radius 1 is 1.40 bits per heavy atom. The average molecular weight is 383 g/mol. The molecule has 0 fully saturated rings. The topological polar surface area (TPSA) is 97.4 Å². The van der Waals surface area contributed by atoms with E-state index in [1.807, 2.05) is 12.3 Å². The zero-order chi connectivity index (χ0) is 18.4. The van der Waals surface area contributed by atoms with Crippen molar-refractivity contribution < 1.29 is 17.9 Å². The SMILES string of the molecule is COC[C@H](C)NC(=O)c1cccc(S(=O)(=O)NCc2nc(C)cs2)c1. The zero-order valence-corrected chi connectivity index (χ0v) is 15.9. The molecule has 0 aliphatic rings. The molecular formula is C16H21N3O4S2. The lowest BCUT2D eigenvalue weighted by molar-refractivity contribution is 0.0905. The minimum atomic E-state index is -3.73. The van der Waals surface area contributed by atoms with Crippen LogP contribution in [0.3, 0.4) is 0 Å². The molecule has 0 aliphatic heterocycles. The number of benzene rings is 1. The van der Waals surface area contributed by atoms with E-state index in [1.54, 1.807) is 20.1 Å². The molecular weight excluding hydrogens is 362 g/mol. The van der Waals surface area contributed by atoms with Crippen LogP contribution in [0.2, 0.25) is 0 Å². The number of amides is 1. The number of hydrogen-bond acceptors (Lipinski definition) is 6. The van der Waals surface area contributed by atoms with Gasteiger partial charge in [-0.3, -0.25) is 4.79 Å². The minimum absolute atomic E-state index is 0.0350. The molecule has 2 aromatic rings. The number of nitrogens with zero attached hydrogens (tertiary/aromatic N) is 1. The van der Waals surface area contributed by atoms with Gasteiger partial charge in [-0.2, -0.15) is 0 Å². The molecule has 136 valence electrons. The van der Waals surface area contributed by atoms with Gasteiger partial charge in [0.05, 0.1) is 18.0 Å². The number of aromatic nitrogens is 1. The number of sulfonamides is 1. The third-order valence-electron chi connectivity index (χ3n) is 3.28. The maximum atomic E-state index is 12.4. The number of aryl methyl sites for hydroxylation is 1. The highest BCUT2D eigenvalue weighted by molar-refractivity contribution is 7.89. The van der Waals surface area contributed by atoms with Gasteiger partial charge in [0, 0.05) is 29.8 Å². The predicted octanol–water partition coefficient (Wildman–Crippen LogP) is 1.69. The molecule has 0 saturated carbocycles. The second-order valence-corrected chi connectivity index (χ2v) is 8.27. The largest absolute Gasteiger partial charge is 0.383 e. The van der Waals surface area contributed by atoms with E-state index in [2.05, 4.69) is 15.0 Å². The van der Waals surface area contributed by atoms with E-state index in [1.165, 1.54) is 29.5 Å². The third-order valence-corrected chi connectivity index (χ3v) is 5.65. The molecule has 1 atom stereocenters. The van der Waals surface area contributed by atoms with E-state index in [0.717, 1.165) is 5.69 Å². The summed E-state index contributed by atoms with van der Waals surface area (Å²) < 4.78 is 32.3. The van der Waals surface area contributed by atoms with E-state index in [-0.39, 0.29) is 29.0 Å². The lowest BCUT2D eigenvalue weighted by Gasteiger charge is -2.13. The normalized spacial score (nSPS) is 12.8. The molecule has 1 heterocycles. The molecule has 9 heteroatoms. The van der Waals surface area contributed by atoms with Crippen LogP contribution in [0.5, 0.6) is 0 Å². The maximum absolute atomic E-state index is 12.4. The van der Waals surface area contributed by atoms with E-state index in [4.69, 9.17) is 4.74 Å². The fraction of sp³-hybridized carbons (Fsp3) is 0.375. The van der Waals surface area contributed by atoms with Crippen molar-refractivity contribution in [1.29, 1.82) is 0 Å². The molecule has 0 saturated heterocycles. The Kier molecular flexibility index (Phi) is 6.65. The smallest absolute Gasteiger partial charge is 0.251 e. The van der Waals surface area contributed by atoms with Gasteiger partial charge in [0.1, 0.15) is 5.01 Å². The summed E-state index contributed by atoms with van der Waals surface area (Å²) in [7, 11) is -2.18. The third kappa shape index (κ3) is 5.60. The molecule has 25 heavy (non-hydrogen) atoms. The van der Waals surface area contributed by atoms with E-state index < -0.39 is 10.0 Å². The van der Waals surface area contributed by atoms with Crippen molar-refractivity contribution in [3.63, 3.8) is 0 Å². The van der Waals surface area contributed by atoms with Gasteiger partial charge in [-0.05, 0) is 32.0 Å². The maximum Gasteiger partial charge on any atom is 0.251 e. The minimum Gasteiger partial charge on any atom is -0.383 e. The van der Waals surface area contributed by atoms with Crippen molar-refractivity contribution in [2.75, 3.05) is 13.7 Å². The molecule has 0 radical (unpaired) electrons. The summed E-state index contributed by atoms with van der Waals surface area (Å²) in [6.45, 7) is 4.14. The number of hydrogen-bond donors (Lipinski definition) is 2. The Balaban J connectivity index is 2.09. The van der Waals surface area contributed by atoms with Crippen molar-refractivity contribution in [2.24, 2.45) is 0 Å². The first-order chi connectivity index (χ1) is 11.8. The second kappa shape index (κ2) is 8.52. The number of ether oxygens (including phenoxy) is 1. The lowest BCUT2D eigenvalue weighted by atomic mass is 10.2. The van der Waals surface area contributed by atoms with Crippen LogP contribution in [-0.2, 0) is 21.3 Å². The van der Waals surface area contributed by atoms with Crippen LogP contribution in [0.1, 0.15) is 28.0 Å². The van der Waals surface area contributed by atoms with Gasteiger partial charge in [-0.25, -0.2) is 18.1 Å². The number of rotatable bonds is 8. The van der Waals surface area contributed by atoms with Crippen LogP contribution in [0.4, 0.5) is 0 Å². The first kappa shape index (κ1) is 19.5. The average Bonchev–Trinajstić information content (AvgIpc) is 2.99. The van der Waals surface area contributed by atoms with Gasteiger partial charge in [0.15, 0.2) is 0 Å². The highest BCUT2D eigenvalue weighted by Gasteiger charge is 2.17. The van der Waals surface area contributed by atoms with Crippen molar-refractivity contribution in [1.82, 2.24) is 15.0 Å². The standard InChI is InChI=1S/C16H21N3O4S2/c1-11(9-23-3)19-16(20)13-5-4-6-14(7-13)25(21,22)17-8-15-18-12(2)10-24-15/h4-7,10-11,17H,8-9H2,1-3H3,(H,19,20)/t11-/m0/s1. The molecule has 0 spiro atoms. The van der Waals surface area contributed by atoms with E-state index in [0.29, 0.717) is 11.6 Å². The summed E-state index contributed by atoms with van der Waals surface area (Å²) >= 11 is 1.39. The molecule has 7 nitrogen and oxygen atoms in total. The molecule has 0 bridgehead atoms. The van der Waals surface area contributed by atoms with Gasteiger partial charge < -0.3 is 10.1 Å².